The number of pyridine rings is 1. The van der Waals surface area contributed by atoms with Crippen LogP contribution in [0, 0.1) is 13.8 Å². The number of piperidine rings is 1. The lowest BCUT2D eigenvalue weighted by Gasteiger charge is -2.32. The number of ether oxygens (including phenoxy) is 1. The standard InChI is InChI=1S/C33H31F3N2O4/c1-20-4-7-26(31(40)42-3)18-29(20)25-10-11-28-27(17-25)16-21(2)38(30(28)39)19-22-5-8-23(9-6-22)24-12-14-37(15-13-24)32(41)33(34,35)36/h4-11,16-18,24H,12-15,19H2,1-3H3. The van der Waals surface area contributed by atoms with Crippen molar-refractivity contribution in [1.29, 1.82) is 0 Å². The predicted molar refractivity (Wildman–Crippen MR) is 155 cm³/mol. The molecule has 0 unspecified atom stereocenters. The number of esters is 1. The molecule has 1 saturated heterocycles. The molecule has 9 heteroatoms. The average Bonchev–Trinajstić information content (AvgIpc) is 2.98. The Balaban J connectivity index is 1.34. The van der Waals surface area contributed by atoms with E-state index in [-0.39, 0.29) is 24.6 Å². The molecule has 42 heavy (non-hydrogen) atoms. The zero-order chi connectivity index (χ0) is 30.2. The highest BCUT2D eigenvalue weighted by atomic mass is 19.4. The maximum Gasteiger partial charge on any atom is 0.471 e. The van der Waals surface area contributed by atoms with Gasteiger partial charge in [0, 0.05) is 24.2 Å². The van der Waals surface area contributed by atoms with Crippen LogP contribution < -0.4 is 5.56 Å². The fraction of sp³-hybridized carbons (Fsp3) is 0.303. The Morgan fingerprint density at radius 1 is 0.929 bits per heavy atom. The van der Waals surface area contributed by atoms with Crippen LogP contribution in [-0.2, 0) is 16.1 Å². The third kappa shape index (κ3) is 5.82. The average molecular weight is 577 g/mol. The van der Waals surface area contributed by atoms with Gasteiger partial charge in [-0.15, -0.1) is 0 Å². The van der Waals surface area contributed by atoms with Crippen molar-refractivity contribution in [2.24, 2.45) is 0 Å². The lowest BCUT2D eigenvalue weighted by atomic mass is 9.89. The highest BCUT2D eigenvalue weighted by Crippen LogP contribution is 2.31. The molecular weight excluding hydrogens is 545 g/mol. The third-order valence-electron chi connectivity index (χ3n) is 8.10. The Kier molecular flexibility index (Phi) is 7.95. The number of halogens is 3. The Morgan fingerprint density at radius 2 is 1.62 bits per heavy atom. The number of alkyl halides is 3. The first-order valence-corrected chi connectivity index (χ1v) is 13.7. The minimum absolute atomic E-state index is 0.0765. The van der Waals surface area contributed by atoms with Crippen LogP contribution in [0.5, 0.6) is 0 Å². The number of hydrogen-bond acceptors (Lipinski definition) is 4. The van der Waals surface area contributed by atoms with Gasteiger partial charge in [0.1, 0.15) is 0 Å². The Morgan fingerprint density at radius 3 is 2.26 bits per heavy atom. The first-order chi connectivity index (χ1) is 20.0. The van der Waals surface area contributed by atoms with Gasteiger partial charge in [0.25, 0.3) is 5.56 Å². The summed E-state index contributed by atoms with van der Waals surface area (Å²) in [7, 11) is 1.35. The molecule has 0 atom stereocenters. The smallest absolute Gasteiger partial charge is 0.465 e. The van der Waals surface area contributed by atoms with Crippen LogP contribution in [0.25, 0.3) is 21.9 Å². The summed E-state index contributed by atoms with van der Waals surface area (Å²) in [5.41, 5.74) is 5.87. The number of benzene rings is 3. The van der Waals surface area contributed by atoms with E-state index in [0.717, 1.165) is 43.8 Å². The predicted octanol–water partition coefficient (Wildman–Crippen LogP) is 6.39. The number of carbonyl (C=O) groups is 2. The summed E-state index contributed by atoms with van der Waals surface area (Å²) in [5.74, 6) is -2.11. The van der Waals surface area contributed by atoms with Crippen LogP contribution in [0.1, 0.15) is 51.5 Å². The number of hydrogen-bond donors (Lipinski definition) is 0. The number of fused-ring (bicyclic) bond motifs is 1. The van der Waals surface area contributed by atoms with E-state index in [2.05, 4.69) is 0 Å². The fourth-order valence-corrected chi connectivity index (χ4v) is 5.70. The first kappa shape index (κ1) is 29.1. The van der Waals surface area contributed by atoms with Crippen LogP contribution in [-0.4, -0.2) is 47.7 Å². The molecule has 1 aromatic heterocycles. The molecule has 1 aliphatic rings. The van der Waals surface area contributed by atoms with E-state index in [0.29, 0.717) is 30.3 Å². The van der Waals surface area contributed by atoms with Crippen LogP contribution in [0.3, 0.4) is 0 Å². The maximum atomic E-state index is 13.5. The molecule has 1 fully saturated rings. The van der Waals surface area contributed by atoms with Crippen molar-refractivity contribution in [2.45, 2.75) is 45.3 Å². The Labute approximate surface area is 241 Å². The van der Waals surface area contributed by atoms with Crippen molar-refractivity contribution in [1.82, 2.24) is 9.47 Å². The summed E-state index contributed by atoms with van der Waals surface area (Å²) >= 11 is 0. The normalized spacial score (nSPS) is 14.3. The van der Waals surface area contributed by atoms with Crippen molar-refractivity contribution in [3.63, 3.8) is 0 Å². The Bertz CT molecular complexity index is 1720. The van der Waals surface area contributed by atoms with E-state index >= 15 is 0 Å². The fourth-order valence-electron chi connectivity index (χ4n) is 5.70. The second-order valence-corrected chi connectivity index (χ2v) is 10.8. The minimum atomic E-state index is -4.84. The van der Waals surface area contributed by atoms with Crippen molar-refractivity contribution in [2.75, 3.05) is 20.2 Å². The number of amides is 1. The summed E-state index contributed by atoms with van der Waals surface area (Å²) in [6, 6.07) is 20.8. The summed E-state index contributed by atoms with van der Waals surface area (Å²) in [4.78, 5) is 38.0. The number of aryl methyl sites for hydroxylation is 2. The van der Waals surface area contributed by atoms with Gasteiger partial charge in [-0.25, -0.2) is 4.79 Å². The molecule has 3 aromatic carbocycles. The van der Waals surface area contributed by atoms with Crippen LogP contribution in [0.15, 0.2) is 71.5 Å². The highest BCUT2D eigenvalue weighted by Gasteiger charge is 2.43. The molecule has 0 spiro atoms. The molecule has 0 radical (unpaired) electrons. The number of carbonyl (C=O) groups excluding carboxylic acids is 2. The zero-order valence-electron chi connectivity index (χ0n) is 23.6. The Hall–Kier alpha value is -4.40. The van der Waals surface area contributed by atoms with Gasteiger partial charge in [0.05, 0.1) is 19.2 Å². The highest BCUT2D eigenvalue weighted by molar-refractivity contribution is 5.93. The van der Waals surface area contributed by atoms with E-state index < -0.39 is 18.1 Å². The molecule has 218 valence electrons. The third-order valence-corrected chi connectivity index (χ3v) is 8.10. The number of methoxy groups -OCH3 is 1. The number of nitrogens with zero attached hydrogens (tertiary/aromatic N) is 2. The molecule has 5 rings (SSSR count). The second-order valence-electron chi connectivity index (χ2n) is 10.8. The van der Waals surface area contributed by atoms with Crippen molar-refractivity contribution in [3.8, 4) is 11.1 Å². The minimum Gasteiger partial charge on any atom is -0.465 e. The maximum absolute atomic E-state index is 13.5. The lowest BCUT2D eigenvalue weighted by molar-refractivity contribution is -0.186. The van der Waals surface area contributed by atoms with Gasteiger partial charge >= 0.3 is 18.1 Å². The van der Waals surface area contributed by atoms with Gasteiger partial charge in [-0.3, -0.25) is 9.59 Å². The zero-order valence-corrected chi connectivity index (χ0v) is 23.6. The largest absolute Gasteiger partial charge is 0.471 e. The first-order valence-electron chi connectivity index (χ1n) is 13.7. The van der Waals surface area contributed by atoms with Crippen molar-refractivity contribution >= 4 is 22.6 Å². The van der Waals surface area contributed by atoms with Crippen LogP contribution in [0.4, 0.5) is 13.2 Å². The molecule has 1 amide bonds. The second kappa shape index (κ2) is 11.5. The quantitative estimate of drug-likeness (QED) is 0.258. The molecule has 0 N–H and O–H groups in total. The van der Waals surface area contributed by atoms with Crippen LogP contribution >= 0.6 is 0 Å². The van der Waals surface area contributed by atoms with E-state index in [1.54, 1.807) is 16.7 Å². The summed E-state index contributed by atoms with van der Waals surface area (Å²) in [5, 5.41) is 1.39. The SMILES string of the molecule is COC(=O)c1ccc(C)c(-c2ccc3c(=O)n(Cc4ccc(C5CCN(C(=O)C(F)(F)F)CC5)cc4)c(C)cc3c2)c1. The van der Waals surface area contributed by atoms with E-state index in [1.165, 1.54) is 7.11 Å². The molecule has 4 aromatic rings. The monoisotopic (exact) mass is 576 g/mol. The molecule has 0 bridgehead atoms. The molecule has 6 nitrogen and oxygen atoms in total. The number of aromatic nitrogens is 1. The summed E-state index contributed by atoms with van der Waals surface area (Å²) < 4.78 is 44.8. The summed E-state index contributed by atoms with van der Waals surface area (Å²) in [6.45, 7) is 4.39. The molecule has 0 aliphatic carbocycles. The van der Waals surface area contributed by atoms with Gasteiger partial charge < -0.3 is 14.2 Å². The van der Waals surface area contributed by atoms with Crippen molar-refractivity contribution in [3.05, 3.63) is 105 Å². The van der Waals surface area contributed by atoms with Crippen molar-refractivity contribution < 1.29 is 27.5 Å². The van der Waals surface area contributed by atoms with Gasteiger partial charge in [-0.1, -0.05) is 36.4 Å². The van der Waals surface area contributed by atoms with E-state index in [1.807, 2.05) is 68.4 Å². The van der Waals surface area contributed by atoms with Gasteiger partial charge in [-0.2, -0.15) is 13.2 Å². The molecule has 1 aliphatic heterocycles. The van der Waals surface area contributed by atoms with E-state index in [9.17, 15) is 27.6 Å². The number of rotatable bonds is 5. The van der Waals surface area contributed by atoms with E-state index in [4.69, 9.17) is 4.74 Å². The molecule has 2 heterocycles. The molecule has 0 saturated carbocycles. The van der Waals surface area contributed by atoms with Gasteiger partial charge in [-0.05, 0) is 96.1 Å². The van der Waals surface area contributed by atoms with Crippen LogP contribution in [0.2, 0.25) is 0 Å². The molecular formula is C33H31F3N2O4. The topological polar surface area (TPSA) is 68.6 Å². The summed E-state index contributed by atoms with van der Waals surface area (Å²) in [6.07, 6.45) is -3.90. The van der Waals surface area contributed by atoms with Gasteiger partial charge in [0.15, 0.2) is 0 Å². The lowest BCUT2D eigenvalue weighted by Crippen LogP contribution is -2.45. The van der Waals surface area contributed by atoms with Gasteiger partial charge in [0.2, 0.25) is 0 Å². The number of likely N-dealkylation sites (tertiary alicyclic amines) is 1.